The first-order valence-electron chi connectivity index (χ1n) is 8.69. The van der Waals surface area contributed by atoms with E-state index in [9.17, 15) is 0 Å². The molecule has 1 aliphatic rings. The Morgan fingerprint density at radius 2 is 2.08 bits per heavy atom. The van der Waals surface area contributed by atoms with Crippen LogP contribution in [0.1, 0.15) is 55.2 Å². The van der Waals surface area contributed by atoms with Crippen molar-refractivity contribution in [2.45, 2.75) is 45.1 Å². The van der Waals surface area contributed by atoms with E-state index in [0.29, 0.717) is 11.8 Å². The summed E-state index contributed by atoms with van der Waals surface area (Å²) >= 11 is 7.86. The van der Waals surface area contributed by atoms with E-state index in [4.69, 9.17) is 21.1 Å². The van der Waals surface area contributed by atoms with E-state index in [2.05, 4.69) is 35.0 Å². The maximum absolute atomic E-state index is 6.07. The highest BCUT2D eigenvalue weighted by Crippen LogP contribution is 2.34. The molecule has 0 bridgehead atoms. The molecule has 1 fully saturated rings. The fourth-order valence-electron chi connectivity index (χ4n) is 3.19. The van der Waals surface area contributed by atoms with Crippen molar-refractivity contribution in [3.05, 3.63) is 39.9 Å². The molecule has 3 aromatic rings. The van der Waals surface area contributed by atoms with E-state index in [1.807, 2.05) is 12.1 Å². The van der Waals surface area contributed by atoms with Gasteiger partial charge in [-0.2, -0.15) is 4.98 Å². The molecule has 0 atom stereocenters. The Morgan fingerprint density at radius 1 is 1.28 bits per heavy atom. The van der Waals surface area contributed by atoms with Gasteiger partial charge >= 0.3 is 0 Å². The molecule has 2 aromatic heterocycles. The number of piperidine rings is 1. The SMILES string of the molecule is CC(C)c1noc(CN2CCC(c3nc4cc(Cl)ccc4s3)CC2)n1. The predicted molar refractivity (Wildman–Crippen MR) is 100 cm³/mol. The van der Waals surface area contributed by atoms with Crippen LogP contribution in [0.25, 0.3) is 10.2 Å². The molecule has 25 heavy (non-hydrogen) atoms. The predicted octanol–water partition coefficient (Wildman–Crippen LogP) is 4.84. The fourth-order valence-corrected chi connectivity index (χ4v) is 4.47. The topological polar surface area (TPSA) is 55.1 Å². The van der Waals surface area contributed by atoms with E-state index in [1.165, 1.54) is 9.71 Å². The van der Waals surface area contributed by atoms with Crippen molar-refractivity contribution in [3.63, 3.8) is 0 Å². The van der Waals surface area contributed by atoms with Gasteiger partial charge in [-0.15, -0.1) is 11.3 Å². The van der Waals surface area contributed by atoms with Crippen molar-refractivity contribution in [1.29, 1.82) is 0 Å². The van der Waals surface area contributed by atoms with Crippen LogP contribution in [0.5, 0.6) is 0 Å². The Labute approximate surface area is 156 Å². The number of fused-ring (bicyclic) bond motifs is 1. The van der Waals surface area contributed by atoms with E-state index in [1.54, 1.807) is 11.3 Å². The summed E-state index contributed by atoms with van der Waals surface area (Å²) in [5.41, 5.74) is 1.02. The first-order chi connectivity index (χ1) is 12.1. The summed E-state index contributed by atoms with van der Waals surface area (Å²) in [4.78, 5) is 11.7. The third-order valence-electron chi connectivity index (χ3n) is 4.66. The van der Waals surface area contributed by atoms with Gasteiger partial charge in [-0.25, -0.2) is 4.98 Å². The quantitative estimate of drug-likeness (QED) is 0.652. The average molecular weight is 377 g/mol. The molecule has 7 heteroatoms. The lowest BCUT2D eigenvalue weighted by Gasteiger charge is -2.29. The molecule has 0 unspecified atom stereocenters. The molecular formula is C18H21ClN4OS. The highest BCUT2D eigenvalue weighted by molar-refractivity contribution is 7.18. The van der Waals surface area contributed by atoms with Crippen LogP contribution in [0.15, 0.2) is 22.7 Å². The van der Waals surface area contributed by atoms with E-state index >= 15 is 0 Å². The van der Waals surface area contributed by atoms with E-state index in [-0.39, 0.29) is 0 Å². The third-order valence-corrected chi connectivity index (χ3v) is 6.10. The summed E-state index contributed by atoms with van der Waals surface area (Å²) < 4.78 is 6.58. The smallest absolute Gasteiger partial charge is 0.240 e. The second kappa shape index (κ2) is 7.02. The van der Waals surface area contributed by atoms with Gasteiger partial charge in [-0.3, -0.25) is 4.90 Å². The number of hydrogen-bond acceptors (Lipinski definition) is 6. The normalized spacial score (nSPS) is 17.0. The molecule has 0 radical (unpaired) electrons. The van der Waals surface area contributed by atoms with Crippen molar-refractivity contribution >= 4 is 33.2 Å². The van der Waals surface area contributed by atoms with Crippen LogP contribution in [0, 0.1) is 0 Å². The number of halogens is 1. The Hall–Kier alpha value is -1.50. The average Bonchev–Trinajstić information content (AvgIpc) is 3.22. The second-order valence-corrected chi connectivity index (χ2v) is 8.41. The van der Waals surface area contributed by atoms with Gasteiger partial charge in [0.25, 0.3) is 0 Å². The second-order valence-electron chi connectivity index (χ2n) is 6.92. The van der Waals surface area contributed by atoms with Crippen molar-refractivity contribution < 1.29 is 4.52 Å². The highest BCUT2D eigenvalue weighted by Gasteiger charge is 2.24. The van der Waals surface area contributed by atoms with Gasteiger partial charge in [0.2, 0.25) is 5.89 Å². The molecule has 0 saturated carbocycles. The monoisotopic (exact) mass is 376 g/mol. The van der Waals surface area contributed by atoms with Crippen LogP contribution < -0.4 is 0 Å². The Bertz CT molecular complexity index is 867. The maximum atomic E-state index is 6.07. The molecule has 0 amide bonds. The first-order valence-corrected chi connectivity index (χ1v) is 9.89. The van der Waals surface area contributed by atoms with Gasteiger partial charge < -0.3 is 4.52 Å². The van der Waals surface area contributed by atoms with Crippen LogP contribution in [-0.2, 0) is 6.54 Å². The lowest BCUT2D eigenvalue weighted by molar-refractivity contribution is 0.181. The molecule has 0 N–H and O–H groups in total. The minimum atomic E-state index is 0.302. The third kappa shape index (κ3) is 3.71. The fraction of sp³-hybridized carbons (Fsp3) is 0.500. The van der Waals surface area contributed by atoms with Crippen LogP contribution >= 0.6 is 22.9 Å². The lowest BCUT2D eigenvalue weighted by Crippen LogP contribution is -2.32. The summed E-state index contributed by atoms with van der Waals surface area (Å²) in [5, 5.41) is 6.03. The summed E-state index contributed by atoms with van der Waals surface area (Å²) in [7, 11) is 0. The van der Waals surface area contributed by atoms with Crippen LogP contribution in [0.3, 0.4) is 0 Å². The van der Waals surface area contributed by atoms with Gasteiger partial charge in [0.1, 0.15) is 0 Å². The molecule has 1 aliphatic heterocycles. The number of likely N-dealkylation sites (tertiary alicyclic amines) is 1. The van der Waals surface area contributed by atoms with Crippen molar-refractivity contribution in [2.24, 2.45) is 0 Å². The number of thiazole rings is 1. The van der Waals surface area contributed by atoms with Crippen molar-refractivity contribution in [2.75, 3.05) is 13.1 Å². The van der Waals surface area contributed by atoms with Gasteiger partial charge in [0, 0.05) is 16.9 Å². The number of benzene rings is 1. The largest absolute Gasteiger partial charge is 0.338 e. The minimum Gasteiger partial charge on any atom is -0.338 e. The maximum Gasteiger partial charge on any atom is 0.240 e. The molecule has 132 valence electrons. The summed E-state index contributed by atoms with van der Waals surface area (Å²) in [6.45, 7) is 6.94. The highest BCUT2D eigenvalue weighted by atomic mass is 35.5. The van der Waals surface area contributed by atoms with Crippen LogP contribution in [0.2, 0.25) is 5.02 Å². The number of aromatic nitrogens is 3. The van der Waals surface area contributed by atoms with Gasteiger partial charge in [0.05, 0.1) is 21.8 Å². The standard InChI is InChI=1S/C18H21ClN4OS/c1-11(2)17-21-16(24-22-17)10-23-7-5-12(6-8-23)18-20-14-9-13(19)3-4-15(14)25-18/h3-4,9,11-12H,5-8,10H2,1-2H3. The molecule has 4 rings (SSSR count). The molecule has 5 nitrogen and oxygen atoms in total. The Kier molecular flexibility index (Phi) is 4.75. The zero-order valence-corrected chi connectivity index (χ0v) is 16.0. The van der Waals surface area contributed by atoms with E-state index in [0.717, 1.165) is 54.7 Å². The van der Waals surface area contributed by atoms with Crippen LogP contribution in [-0.4, -0.2) is 33.1 Å². The number of nitrogens with zero attached hydrogens (tertiary/aromatic N) is 4. The molecule has 1 aromatic carbocycles. The zero-order chi connectivity index (χ0) is 17.4. The summed E-state index contributed by atoms with van der Waals surface area (Å²) in [5.74, 6) is 2.34. The van der Waals surface area contributed by atoms with Gasteiger partial charge in [0.15, 0.2) is 5.82 Å². The lowest BCUT2D eigenvalue weighted by atomic mass is 9.97. The Balaban J connectivity index is 1.38. The number of rotatable bonds is 4. The van der Waals surface area contributed by atoms with Gasteiger partial charge in [-0.05, 0) is 44.1 Å². The number of hydrogen-bond donors (Lipinski definition) is 0. The van der Waals surface area contributed by atoms with Crippen molar-refractivity contribution in [1.82, 2.24) is 20.0 Å². The molecule has 0 aliphatic carbocycles. The summed E-state index contributed by atoms with van der Waals surface area (Å²) in [6, 6.07) is 5.95. The van der Waals surface area contributed by atoms with Gasteiger partial charge in [-0.1, -0.05) is 30.6 Å². The first kappa shape index (κ1) is 16.9. The molecular weight excluding hydrogens is 356 g/mol. The van der Waals surface area contributed by atoms with E-state index < -0.39 is 0 Å². The Morgan fingerprint density at radius 3 is 2.80 bits per heavy atom. The van der Waals surface area contributed by atoms with Crippen molar-refractivity contribution in [3.8, 4) is 0 Å². The zero-order valence-electron chi connectivity index (χ0n) is 14.4. The minimum absolute atomic E-state index is 0.302. The molecule has 0 spiro atoms. The van der Waals surface area contributed by atoms with Crippen LogP contribution in [0.4, 0.5) is 0 Å². The summed E-state index contributed by atoms with van der Waals surface area (Å²) in [6.07, 6.45) is 2.22. The molecule has 3 heterocycles. The molecule has 1 saturated heterocycles.